The molecule has 0 fully saturated rings. The number of aliphatic imine (C=N–C) groups is 1. The lowest BCUT2D eigenvalue weighted by molar-refractivity contribution is -0.117. The number of hydrogen-bond donors (Lipinski definition) is 2. The van der Waals surface area contributed by atoms with Crippen LogP contribution in [0.5, 0.6) is 0 Å². The number of hydrogen-bond acceptors (Lipinski definition) is 3. The molecule has 3 rings (SSSR count). The number of amides is 1. The molecule has 1 aliphatic rings. The van der Waals surface area contributed by atoms with Crippen molar-refractivity contribution in [3.8, 4) is 0 Å². The third kappa shape index (κ3) is 4.24. The molecule has 1 amide bonds. The van der Waals surface area contributed by atoms with Crippen molar-refractivity contribution >= 4 is 57.8 Å². The van der Waals surface area contributed by atoms with Gasteiger partial charge in [-0.25, -0.2) is 4.99 Å². The number of anilines is 1. The summed E-state index contributed by atoms with van der Waals surface area (Å²) < 4.78 is 0. The van der Waals surface area contributed by atoms with Crippen molar-refractivity contribution in [3.63, 3.8) is 0 Å². The lowest BCUT2D eigenvalue weighted by Gasteiger charge is -2.22. The maximum Gasteiger partial charge on any atom is 0.269 e. The average Bonchev–Trinajstić information content (AvgIpc) is 2.78. The highest BCUT2D eigenvalue weighted by Crippen LogP contribution is 2.29. The van der Waals surface area contributed by atoms with Gasteiger partial charge in [0, 0.05) is 34.8 Å². The van der Waals surface area contributed by atoms with E-state index in [2.05, 4.69) is 15.6 Å². The Morgan fingerprint density at radius 1 is 1.26 bits per heavy atom. The molecule has 0 aromatic heterocycles. The van der Waals surface area contributed by atoms with Gasteiger partial charge in [-0.05, 0) is 43.4 Å². The van der Waals surface area contributed by atoms with Crippen molar-refractivity contribution in [1.82, 2.24) is 10.2 Å². The minimum absolute atomic E-state index is 0.313. The van der Waals surface area contributed by atoms with E-state index in [1.165, 1.54) is 0 Å². The van der Waals surface area contributed by atoms with Gasteiger partial charge >= 0.3 is 0 Å². The molecule has 8 heteroatoms. The van der Waals surface area contributed by atoms with Gasteiger partial charge in [0.1, 0.15) is 0 Å². The van der Waals surface area contributed by atoms with Gasteiger partial charge in [-0.3, -0.25) is 4.79 Å². The third-order valence-electron chi connectivity index (χ3n) is 4.21. The Morgan fingerprint density at radius 3 is 2.70 bits per heavy atom. The van der Waals surface area contributed by atoms with E-state index in [4.69, 9.17) is 35.4 Å². The summed E-state index contributed by atoms with van der Waals surface area (Å²) in [5, 5.41) is 7.40. The van der Waals surface area contributed by atoms with Gasteiger partial charge in [-0.2, -0.15) is 0 Å². The fourth-order valence-electron chi connectivity index (χ4n) is 2.62. The fourth-order valence-corrected chi connectivity index (χ4v) is 3.25. The quantitative estimate of drug-likeness (QED) is 0.738. The molecule has 0 saturated carbocycles. The molecule has 0 bridgehead atoms. The molecule has 27 heavy (non-hydrogen) atoms. The highest BCUT2D eigenvalue weighted by atomic mass is 35.5. The molecule has 2 N–H and O–H groups in total. The molecule has 1 unspecified atom stereocenters. The molecule has 0 spiro atoms. The number of nitrogens with zero attached hydrogens (tertiary/aromatic N) is 2. The van der Waals surface area contributed by atoms with Gasteiger partial charge < -0.3 is 15.5 Å². The number of rotatable bonds is 3. The Kier molecular flexibility index (Phi) is 5.99. The Balaban J connectivity index is 2.12. The Bertz CT molecular complexity index is 932. The first kappa shape index (κ1) is 19.6. The van der Waals surface area contributed by atoms with E-state index in [1.807, 2.05) is 37.1 Å². The van der Waals surface area contributed by atoms with Crippen molar-refractivity contribution < 1.29 is 4.79 Å². The minimum Gasteiger partial charge on any atom is -0.353 e. The first-order valence-electron chi connectivity index (χ1n) is 8.35. The second-order valence-electron chi connectivity index (χ2n) is 6.00. The summed E-state index contributed by atoms with van der Waals surface area (Å²) >= 11 is 18.0. The number of benzene rings is 2. The van der Waals surface area contributed by atoms with E-state index < -0.39 is 6.17 Å². The first-order chi connectivity index (χ1) is 12.9. The van der Waals surface area contributed by atoms with Gasteiger partial charge in [0.2, 0.25) is 6.17 Å². The predicted octanol–water partition coefficient (Wildman–Crippen LogP) is 3.94. The number of fused-ring (bicyclic) bond motifs is 1. The number of halogens is 2. The van der Waals surface area contributed by atoms with Crippen molar-refractivity contribution in [2.45, 2.75) is 13.1 Å². The molecule has 0 saturated heterocycles. The van der Waals surface area contributed by atoms with E-state index in [1.54, 1.807) is 24.3 Å². The first-order valence-corrected chi connectivity index (χ1v) is 9.52. The van der Waals surface area contributed by atoms with Gasteiger partial charge in [0.25, 0.3) is 5.91 Å². The van der Waals surface area contributed by atoms with Crippen LogP contribution in [-0.2, 0) is 4.79 Å². The number of nitrogens with one attached hydrogen (secondary N) is 2. The maximum absolute atomic E-state index is 12.7. The van der Waals surface area contributed by atoms with Crippen LogP contribution in [0.2, 0.25) is 10.0 Å². The van der Waals surface area contributed by atoms with Crippen molar-refractivity contribution in [2.75, 3.05) is 18.9 Å². The summed E-state index contributed by atoms with van der Waals surface area (Å²) in [5.74, 6) is -0.313. The second kappa shape index (κ2) is 8.25. The van der Waals surface area contributed by atoms with E-state index in [-0.39, 0.29) is 5.91 Å². The van der Waals surface area contributed by atoms with E-state index in [0.29, 0.717) is 44.2 Å². The highest BCUT2D eigenvalue weighted by molar-refractivity contribution is 7.80. The zero-order chi connectivity index (χ0) is 19.6. The molecule has 5 nitrogen and oxygen atoms in total. The van der Waals surface area contributed by atoms with Gasteiger partial charge in [-0.1, -0.05) is 41.4 Å². The SMILES string of the molecule is CCN(C)C(=S)NC1N=C(c2ccccc2Cl)c2cc(Cl)ccc2NC1=O. The van der Waals surface area contributed by atoms with E-state index in [9.17, 15) is 4.79 Å². The van der Waals surface area contributed by atoms with Crippen LogP contribution in [0.3, 0.4) is 0 Å². The van der Waals surface area contributed by atoms with Gasteiger partial charge in [-0.15, -0.1) is 0 Å². The molecular formula is C19H18Cl2N4OS. The van der Waals surface area contributed by atoms with Crippen LogP contribution in [0, 0.1) is 0 Å². The normalized spacial score (nSPS) is 15.9. The van der Waals surface area contributed by atoms with Crippen molar-refractivity contribution in [1.29, 1.82) is 0 Å². The van der Waals surface area contributed by atoms with E-state index >= 15 is 0 Å². The molecular weight excluding hydrogens is 403 g/mol. The summed E-state index contributed by atoms with van der Waals surface area (Å²) in [6.45, 7) is 2.68. The Morgan fingerprint density at radius 2 is 2.00 bits per heavy atom. The van der Waals surface area contributed by atoms with Crippen LogP contribution >= 0.6 is 35.4 Å². The molecule has 0 radical (unpaired) electrons. The minimum atomic E-state index is -0.899. The van der Waals surface area contributed by atoms with Gasteiger partial charge in [0.05, 0.1) is 11.4 Å². The van der Waals surface area contributed by atoms with Crippen LogP contribution in [0.1, 0.15) is 18.1 Å². The largest absolute Gasteiger partial charge is 0.353 e. The van der Waals surface area contributed by atoms with Crippen LogP contribution in [0.25, 0.3) is 0 Å². The van der Waals surface area contributed by atoms with E-state index in [0.717, 1.165) is 0 Å². The van der Waals surface area contributed by atoms with Crippen LogP contribution in [0.4, 0.5) is 5.69 Å². The lowest BCUT2D eigenvalue weighted by Crippen LogP contribution is -2.47. The predicted molar refractivity (Wildman–Crippen MR) is 115 cm³/mol. The number of carbonyl (C=O) groups excluding carboxylic acids is 1. The van der Waals surface area contributed by atoms with Crippen LogP contribution < -0.4 is 10.6 Å². The average molecular weight is 421 g/mol. The summed E-state index contributed by atoms with van der Waals surface area (Å²) in [4.78, 5) is 19.2. The molecule has 1 atom stereocenters. The summed E-state index contributed by atoms with van der Waals surface area (Å²) in [6, 6.07) is 12.6. The monoisotopic (exact) mass is 420 g/mol. The maximum atomic E-state index is 12.7. The number of carbonyl (C=O) groups is 1. The Labute approximate surface area is 173 Å². The fraction of sp³-hybridized carbons (Fsp3) is 0.211. The summed E-state index contributed by atoms with van der Waals surface area (Å²) in [7, 11) is 1.84. The highest BCUT2D eigenvalue weighted by Gasteiger charge is 2.27. The van der Waals surface area contributed by atoms with Crippen LogP contribution in [-0.4, -0.2) is 41.4 Å². The molecule has 2 aromatic rings. The van der Waals surface area contributed by atoms with Crippen molar-refractivity contribution in [2.24, 2.45) is 4.99 Å². The Hall–Kier alpha value is -2.15. The smallest absolute Gasteiger partial charge is 0.269 e. The van der Waals surface area contributed by atoms with Crippen LogP contribution in [0.15, 0.2) is 47.5 Å². The zero-order valence-electron chi connectivity index (χ0n) is 14.8. The molecule has 1 aliphatic heterocycles. The number of thiocarbonyl (C=S) groups is 1. The number of benzodiazepines with no additional fused rings is 1. The molecule has 140 valence electrons. The molecule has 2 aromatic carbocycles. The van der Waals surface area contributed by atoms with Crippen molar-refractivity contribution in [3.05, 3.63) is 63.6 Å². The van der Waals surface area contributed by atoms with Gasteiger partial charge in [0.15, 0.2) is 5.11 Å². The third-order valence-corrected chi connectivity index (χ3v) is 5.21. The second-order valence-corrected chi connectivity index (χ2v) is 7.23. The molecule has 0 aliphatic carbocycles. The standard InChI is InChI=1S/C19H18Cl2N4OS/c1-3-25(2)19(27)24-17-18(26)22-15-9-8-11(20)10-13(15)16(23-17)12-6-4-5-7-14(12)21/h4-10,17H,3H2,1-2H3,(H,22,26)(H,24,27). The topological polar surface area (TPSA) is 56.7 Å². The zero-order valence-corrected chi connectivity index (χ0v) is 17.1. The molecule has 1 heterocycles. The summed E-state index contributed by atoms with van der Waals surface area (Å²) in [5.41, 5.74) is 2.58. The lowest BCUT2D eigenvalue weighted by atomic mass is 10.0. The summed E-state index contributed by atoms with van der Waals surface area (Å²) in [6.07, 6.45) is -0.899.